The summed E-state index contributed by atoms with van der Waals surface area (Å²) in [6.45, 7) is 0.869. The van der Waals surface area contributed by atoms with Gasteiger partial charge >= 0.3 is 0 Å². The fourth-order valence-corrected chi connectivity index (χ4v) is 2.26. The molecule has 144 valence electrons. The van der Waals surface area contributed by atoms with E-state index in [1.807, 2.05) is 5.32 Å². The molecule has 0 aliphatic rings. The molecule has 2 amide bonds. The zero-order valence-electron chi connectivity index (χ0n) is 13.8. The Hall–Kier alpha value is -2.45. The third kappa shape index (κ3) is 5.51. The van der Waals surface area contributed by atoms with E-state index in [0.717, 1.165) is 6.07 Å². The molecule has 0 saturated heterocycles. The van der Waals surface area contributed by atoms with Gasteiger partial charge in [0.25, 0.3) is 5.91 Å². The Balaban J connectivity index is 1.90. The smallest absolute Gasteiger partial charge is 0.261 e. The summed E-state index contributed by atoms with van der Waals surface area (Å²) in [5.41, 5.74) is -0.553. The molecule has 0 aromatic heterocycles. The minimum absolute atomic E-state index is 0.181. The average molecular weight is 421 g/mol. The second-order valence-electron chi connectivity index (χ2n) is 5.32. The Labute approximate surface area is 162 Å². The molecule has 0 saturated carbocycles. The summed E-state index contributed by atoms with van der Waals surface area (Å²) in [7, 11) is 0. The van der Waals surface area contributed by atoms with Crippen molar-refractivity contribution in [2.24, 2.45) is 0 Å². The highest BCUT2D eigenvalue weighted by Crippen LogP contribution is 2.28. The van der Waals surface area contributed by atoms with Crippen LogP contribution in [0, 0.1) is 17.5 Å². The van der Waals surface area contributed by atoms with Crippen LogP contribution in [0.15, 0.2) is 30.3 Å². The molecule has 0 heterocycles. The minimum atomic E-state index is -1.71. The normalized spacial score (nSPS) is 11.6. The third-order valence-electron chi connectivity index (χ3n) is 3.30. The lowest BCUT2D eigenvalue weighted by atomic mass is 10.2. The molecule has 0 spiro atoms. The number of amides is 2. The number of benzene rings is 2. The maximum Gasteiger partial charge on any atom is 0.261 e. The Morgan fingerprint density at radius 1 is 1.11 bits per heavy atom. The number of carbonyl (C=O) groups excluding carboxylic acids is 2. The van der Waals surface area contributed by atoms with Crippen LogP contribution in [0.5, 0.6) is 5.75 Å². The molecule has 0 aliphatic heterocycles. The molecular formula is C17H13Cl2F3N2O3. The number of anilines is 1. The molecule has 1 atom stereocenters. The van der Waals surface area contributed by atoms with Gasteiger partial charge in [0.15, 0.2) is 23.6 Å². The van der Waals surface area contributed by atoms with Crippen molar-refractivity contribution in [1.29, 1.82) is 0 Å². The third-order valence-corrected chi connectivity index (χ3v) is 3.85. The Kier molecular flexibility index (Phi) is 6.92. The van der Waals surface area contributed by atoms with Crippen molar-refractivity contribution in [1.82, 2.24) is 5.32 Å². The van der Waals surface area contributed by atoms with Gasteiger partial charge < -0.3 is 15.4 Å². The van der Waals surface area contributed by atoms with Crippen molar-refractivity contribution in [3.05, 3.63) is 57.8 Å². The van der Waals surface area contributed by atoms with E-state index in [0.29, 0.717) is 11.1 Å². The predicted molar refractivity (Wildman–Crippen MR) is 94.5 cm³/mol. The number of halogens is 5. The lowest BCUT2D eigenvalue weighted by Gasteiger charge is -2.16. The summed E-state index contributed by atoms with van der Waals surface area (Å²) in [5.74, 6) is -5.96. The van der Waals surface area contributed by atoms with Gasteiger partial charge in [0.1, 0.15) is 5.75 Å². The summed E-state index contributed by atoms with van der Waals surface area (Å²) >= 11 is 11.7. The van der Waals surface area contributed by atoms with Gasteiger partial charge in [0, 0.05) is 11.1 Å². The maximum atomic E-state index is 13.5. The number of carbonyl (C=O) groups is 2. The second kappa shape index (κ2) is 8.96. The van der Waals surface area contributed by atoms with E-state index in [-0.39, 0.29) is 10.8 Å². The fourth-order valence-electron chi connectivity index (χ4n) is 1.94. The van der Waals surface area contributed by atoms with E-state index in [4.69, 9.17) is 27.9 Å². The van der Waals surface area contributed by atoms with E-state index >= 15 is 0 Å². The van der Waals surface area contributed by atoms with Gasteiger partial charge in [-0.1, -0.05) is 23.2 Å². The van der Waals surface area contributed by atoms with E-state index in [9.17, 15) is 22.8 Å². The summed E-state index contributed by atoms with van der Waals surface area (Å²) < 4.78 is 44.9. The molecule has 0 fully saturated rings. The molecule has 0 radical (unpaired) electrons. The SMILES string of the molecule is C[C@@H](Oc1cc(Cl)ccc1Cl)C(=O)NCC(=O)Nc1ccc(F)c(F)c1F. The largest absolute Gasteiger partial charge is 0.479 e. The van der Waals surface area contributed by atoms with Crippen LogP contribution in [0.3, 0.4) is 0 Å². The summed E-state index contributed by atoms with van der Waals surface area (Å²) in [6, 6.07) is 5.99. The van der Waals surface area contributed by atoms with E-state index < -0.39 is 47.6 Å². The number of ether oxygens (including phenoxy) is 1. The summed E-state index contributed by atoms with van der Waals surface area (Å²) in [4.78, 5) is 23.7. The number of hydrogen-bond acceptors (Lipinski definition) is 3. The molecule has 2 rings (SSSR count). The van der Waals surface area contributed by atoms with Crippen LogP contribution in [-0.4, -0.2) is 24.5 Å². The number of hydrogen-bond donors (Lipinski definition) is 2. The van der Waals surface area contributed by atoms with Gasteiger partial charge in [0.05, 0.1) is 17.3 Å². The average Bonchev–Trinajstić information content (AvgIpc) is 2.63. The van der Waals surface area contributed by atoms with Crippen molar-refractivity contribution in [2.45, 2.75) is 13.0 Å². The Bertz CT molecular complexity index is 881. The molecule has 2 N–H and O–H groups in total. The molecule has 0 bridgehead atoms. The van der Waals surface area contributed by atoms with E-state index in [1.54, 1.807) is 6.07 Å². The van der Waals surface area contributed by atoms with Crippen LogP contribution in [0.4, 0.5) is 18.9 Å². The van der Waals surface area contributed by atoms with Gasteiger partial charge in [0.2, 0.25) is 5.91 Å². The molecule has 2 aromatic carbocycles. The second-order valence-corrected chi connectivity index (χ2v) is 6.17. The van der Waals surface area contributed by atoms with Gasteiger partial charge in [-0.05, 0) is 31.2 Å². The van der Waals surface area contributed by atoms with E-state index in [1.165, 1.54) is 19.1 Å². The molecule has 27 heavy (non-hydrogen) atoms. The highest BCUT2D eigenvalue weighted by molar-refractivity contribution is 6.34. The first-order chi connectivity index (χ1) is 12.7. The van der Waals surface area contributed by atoms with Gasteiger partial charge in [-0.2, -0.15) is 0 Å². The van der Waals surface area contributed by atoms with Crippen LogP contribution in [0.2, 0.25) is 10.0 Å². The molecule has 5 nitrogen and oxygen atoms in total. The molecule has 2 aromatic rings. The number of rotatable bonds is 6. The van der Waals surface area contributed by atoms with Crippen molar-refractivity contribution in [2.75, 3.05) is 11.9 Å². The molecule has 10 heteroatoms. The Morgan fingerprint density at radius 3 is 2.52 bits per heavy atom. The lowest BCUT2D eigenvalue weighted by molar-refractivity contribution is -0.129. The quantitative estimate of drug-likeness (QED) is 0.695. The number of nitrogens with one attached hydrogen (secondary N) is 2. The van der Waals surface area contributed by atoms with Crippen LogP contribution in [0.1, 0.15) is 6.92 Å². The van der Waals surface area contributed by atoms with Crippen molar-refractivity contribution in [3.63, 3.8) is 0 Å². The predicted octanol–water partition coefficient (Wildman–Crippen LogP) is 3.93. The highest BCUT2D eigenvalue weighted by Gasteiger charge is 2.19. The van der Waals surface area contributed by atoms with E-state index in [2.05, 4.69) is 5.32 Å². The Morgan fingerprint density at radius 2 is 1.81 bits per heavy atom. The van der Waals surface area contributed by atoms with Gasteiger partial charge in [-0.25, -0.2) is 13.2 Å². The fraction of sp³-hybridized carbons (Fsp3) is 0.176. The lowest BCUT2D eigenvalue weighted by Crippen LogP contribution is -2.40. The first-order valence-electron chi connectivity index (χ1n) is 7.51. The van der Waals surface area contributed by atoms with Gasteiger partial charge in [-0.15, -0.1) is 0 Å². The first-order valence-corrected chi connectivity index (χ1v) is 8.27. The highest BCUT2D eigenvalue weighted by atomic mass is 35.5. The minimum Gasteiger partial charge on any atom is -0.479 e. The summed E-state index contributed by atoms with van der Waals surface area (Å²) in [5, 5.41) is 4.88. The van der Waals surface area contributed by atoms with Gasteiger partial charge in [-0.3, -0.25) is 9.59 Å². The topological polar surface area (TPSA) is 67.4 Å². The standard InChI is InChI=1S/C17H13Cl2F3N2O3/c1-8(27-13-6-9(18)2-3-10(13)19)17(26)23-7-14(25)24-12-5-4-11(20)15(21)16(12)22/h2-6,8H,7H2,1H3,(H,23,26)(H,24,25)/t8-/m1/s1. The summed E-state index contributed by atoms with van der Waals surface area (Å²) in [6.07, 6.45) is -1.02. The zero-order chi connectivity index (χ0) is 20.1. The monoisotopic (exact) mass is 420 g/mol. The molecular weight excluding hydrogens is 408 g/mol. The van der Waals surface area contributed by atoms with Crippen molar-refractivity contribution >= 4 is 40.7 Å². The molecule has 0 aliphatic carbocycles. The van der Waals surface area contributed by atoms with Crippen LogP contribution >= 0.6 is 23.2 Å². The van der Waals surface area contributed by atoms with Crippen LogP contribution < -0.4 is 15.4 Å². The van der Waals surface area contributed by atoms with Crippen LogP contribution in [-0.2, 0) is 9.59 Å². The van der Waals surface area contributed by atoms with Crippen molar-refractivity contribution < 1.29 is 27.5 Å². The first kappa shape index (κ1) is 20.9. The maximum absolute atomic E-state index is 13.5. The van der Waals surface area contributed by atoms with Crippen molar-refractivity contribution in [3.8, 4) is 5.75 Å². The van der Waals surface area contributed by atoms with Crippen LogP contribution in [0.25, 0.3) is 0 Å². The molecule has 0 unspecified atom stereocenters. The zero-order valence-corrected chi connectivity index (χ0v) is 15.3.